The van der Waals surface area contributed by atoms with Crippen molar-refractivity contribution in [2.45, 2.75) is 24.9 Å². The van der Waals surface area contributed by atoms with Crippen LogP contribution in [0.5, 0.6) is 0 Å². The van der Waals surface area contributed by atoms with E-state index >= 15 is 0 Å². The number of nitrogens with zero attached hydrogens (tertiary/aromatic N) is 2. The minimum Gasteiger partial charge on any atom is -0.388 e. The van der Waals surface area contributed by atoms with E-state index in [1.54, 1.807) is 24.7 Å². The number of allylic oxidation sites excluding steroid dienone is 2. The lowest BCUT2D eigenvalue weighted by Crippen LogP contribution is -2.38. The monoisotopic (exact) mass is 202 g/mol. The second kappa shape index (κ2) is 3.95. The van der Waals surface area contributed by atoms with Gasteiger partial charge in [-0.15, -0.1) is 0 Å². The lowest BCUT2D eigenvalue weighted by atomic mass is 9.74. The number of aliphatic hydroxyl groups is 1. The van der Waals surface area contributed by atoms with Gasteiger partial charge in [-0.3, -0.25) is 9.97 Å². The first-order valence-corrected chi connectivity index (χ1v) is 5.10. The quantitative estimate of drug-likeness (QED) is 0.792. The second-order valence-electron chi connectivity index (χ2n) is 3.67. The minimum absolute atomic E-state index is 0.414. The van der Waals surface area contributed by atoms with E-state index in [0.717, 1.165) is 12.1 Å². The van der Waals surface area contributed by atoms with Crippen molar-refractivity contribution in [3.05, 3.63) is 48.6 Å². The Labute approximate surface area is 89.2 Å². The first-order chi connectivity index (χ1) is 7.29. The SMILES string of the molecule is CC[C@]1(c2cnccn2)C=CC=CC1O. The summed E-state index contributed by atoms with van der Waals surface area (Å²) in [6.07, 6.45) is 12.9. The number of aromatic nitrogens is 2. The van der Waals surface area contributed by atoms with Crippen LogP contribution in [-0.4, -0.2) is 21.2 Å². The van der Waals surface area contributed by atoms with Gasteiger partial charge >= 0.3 is 0 Å². The van der Waals surface area contributed by atoms with E-state index in [0.29, 0.717) is 0 Å². The molecule has 1 aliphatic rings. The number of hydrogen-bond donors (Lipinski definition) is 1. The van der Waals surface area contributed by atoms with Crippen LogP contribution in [0.1, 0.15) is 19.0 Å². The Hall–Kier alpha value is -1.48. The molecule has 2 rings (SSSR count). The lowest BCUT2D eigenvalue weighted by Gasteiger charge is -2.33. The molecule has 0 amide bonds. The third-order valence-corrected chi connectivity index (χ3v) is 2.95. The van der Waals surface area contributed by atoms with Crippen molar-refractivity contribution in [1.29, 1.82) is 0 Å². The lowest BCUT2D eigenvalue weighted by molar-refractivity contribution is 0.143. The molecular formula is C12H14N2O. The third kappa shape index (κ3) is 1.59. The summed E-state index contributed by atoms with van der Waals surface area (Å²) in [6.45, 7) is 2.04. The second-order valence-corrected chi connectivity index (χ2v) is 3.67. The highest BCUT2D eigenvalue weighted by Crippen LogP contribution is 2.34. The molecule has 0 spiro atoms. The molecular weight excluding hydrogens is 188 g/mol. The van der Waals surface area contributed by atoms with Crippen LogP contribution < -0.4 is 0 Å². The number of hydrogen-bond acceptors (Lipinski definition) is 3. The Morgan fingerprint density at radius 3 is 2.87 bits per heavy atom. The molecule has 0 aliphatic heterocycles. The largest absolute Gasteiger partial charge is 0.388 e. The van der Waals surface area contributed by atoms with Gasteiger partial charge in [0.25, 0.3) is 0 Å². The molecule has 1 aliphatic carbocycles. The van der Waals surface area contributed by atoms with Crippen LogP contribution in [0.4, 0.5) is 0 Å². The van der Waals surface area contributed by atoms with Gasteiger partial charge in [0.15, 0.2) is 0 Å². The van der Waals surface area contributed by atoms with Gasteiger partial charge in [0.1, 0.15) is 0 Å². The van der Waals surface area contributed by atoms with Crippen molar-refractivity contribution >= 4 is 0 Å². The molecule has 0 aromatic carbocycles. The Balaban J connectivity index is 2.46. The predicted octanol–water partition coefficient (Wildman–Crippen LogP) is 1.61. The molecule has 0 radical (unpaired) electrons. The molecule has 0 saturated carbocycles. The molecule has 78 valence electrons. The highest BCUT2D eigenvalue weighted by molar-refractivity contribution is 5.33. The average molecular weight is 202 g/mol. The van der Waals surface area contributed by atoms with Crippen LogP contribution in [-0.2, 0) is 5.41 Å². The van der Waals surface area contributed by atoms with E-state index in [4.69, 9.17) is 0 Å². The molecule has 3 nitrogen and oxygen atoms in total. The average Bonchev–Trinajstić information content (AvgIpc) is 2.31. The highest BCUT2D eigenvalue weighted by Gasteiger charge is 2.36. The summed E-state index contributed by atoms with van der Waals surface area (Å²) in [5, 5.41) is 10.1. The molecule has 1 aromatic heterocycles. The molecule has 0 saturated heterocycles. The molecule has 0 fully saturated rings. The Bertz CT molecular complexity index is 386. The van der Waals surface area contributed by atoms with Crippen LogP contribution in [0.25, 0.3) is 0 Å². The van der Waals surface area contributed by atoms with E-state index in [1.807, 2.05) is 25.2 Å². The van der Waals surface area contributed by atoms with Crippen LogP contribution in [0.15, 0.2) is 42.9 Å². The summed E-state index contributed by atoms with van der Waals surface area (Å²) < 4.78 is 0. The van der Waals surface area contributed by atoms with Crippen LogP contribution in [0.3, 0.4) is 0 Å². The molecule has 1 unspecified atom stereocenters. The molecule has 2 atom stereocenters. The minimum atomic E-state index is -0.524. The third-order valence-electron chi connectivity index (χ3n) is 2.95. The maximum atomic E-state index is 10.1. The Morgan fingerprint density at radius 2 is 2.27 bits per heavy atom. The normalized spacial score (nSPS) is 29.3. The van der Waals surface area contributed by atoms with Gasteiger partial charge in [0.2, 0.25) is 0 Å². The van der Waals surface area contributed by atoms with Crippen molar-refractivity contribution in [2.24, 2.45) is 0 Å². The molecule has 1 N–H and O–H groups in total. The maximum Gasteiger partial charge on any atom is 0.0871 e. The zero-order valence-electron chi connectivity index (χ0n) is 8.67. The maximum absolute atomic E-state index is 10.1. The fourth-order valence-corrected chi connectivity index (χ4v) is 1.95. The summed E-state index contributed by atoms with van der Waals surface area (Å²) in [7, 11) is 0. The summed E-state index contributed by atoms with van der Waals surface area (Å²) >= 11 is 0. The molecule has 1 heterocycles. The van der Waals surface area contributed by atoms with Crippen LogP contribution in [0.2, 0.25) is 0 Å². The first-order valence-electron chi connectivity index (χ1n) is 5.10. The van der Waals surface area contributed by atoms with Crippen molar-refractivity contribution in [3.63, 3.8) is 0 Å². The zero-order valence-corrected chi connectivity index (χ0v) is 8.67. The highest BCUT2D eigenvalue weighted by atomic mass is 16.3. The van der Waals surface area contributed by atoms with Gasteiger partial charge < -0.3 is 5.11 Å². The van der Waals surface area contributed by atoms with Gasteiger partial charge in [-0.25, -0.2) is 0 Å². The van der Waals surface area contributed by atoms with Gasteiger partial charge in [-0.05, 0) is 6.42 Å². The van der Waals surface area contributed by atoms with Gasteiger partial charge in [-0.1, -0.05) is 31.2 Å². The topological polar surface area (TPSA) is 46.0 Å². The van der Waals surface area contributed by atoms with E-state index in [1.165, 1.54) is 0 Å². The standard InChI is InChI=1S/C12H14N2O/c1-2-12(6-4-3-5-11(12)15)10-9-13-7-8-14-10/h3-9,11,15H,2H2,1H3/t11?,12-/m1/s1. The number of rotatable bonds is 2. The van der Waals surface area contributed by atoms with Crippen molar-refractivity contribution in [3.8, 4) is 0 Å². The summed E-state index contributed by atoms with van der Waals surface area (Å²) in [5.41, 5.74) is 0.406. The van der Waals surface area contributed by atoms with E-state index < -0.39 is 11.5 Å². The smallest absolute Gasteiger partial charge is 0.0871 e. The summed E-state index contributed by atoms with van der Waals surface area (Å²) in [4.78, 5) is 8.34. The Morgan fingerprint density at radius 1 is 1.40 bits per heavy atom. The Kier molecular flexibility index (Phi) is 2.64. The van der Waals surface area contributed by atoms with Crippen LogP contribution in [0, 0.1) is 0 Å². The van der Waals surface area contributed by atoms with E-state index in [2.05, 4.69) is 9.97 Å². The van der Waals surface area contributed by atoms with E-state index in [-0.39, 0.29) is 0 Å². The van der Waals surface area contributed by atoms with Crippen molar-refractivity contribution < 1.29 is 5.11 Å². The molecule has 15 heavy (non-hydrogen) atoms. The van der Waals surface area contributed by atoms with Gasteiger partial charge in [0, 0.05) is 18.6 Å². The number of aliphatic hydroxyl groups excluding tert-OH is 1. The van der Waals surface area contributed by atoms with Gasteiger partial charge in [-0.2, -0.15) is 0 Å². The van der Waals surface area contributed by atoms with Crippen LogP contribution >= 0.6 is 0 Å². The fraction of sp³-hybridized carbons (Fsp3) is 0.333. The van der Waals surface area contributed by atoms with Crippen molar-refractivity contribution in [2.75, 3.05) is 0 Å². The summed E-state index contributed by atoms with van der Waals surface area (Å²) in [6, 6.07) is 0. The first kappa shape index (κ1) is 10.1. The fourth-order valence-electron chi connectivity index (χ4n) is 1.95. The summed E-state index contributed by atoms with van der Waals surface area (Å²) in [5.74, 6) is 0. The molecule has 1 aromatic rings. The van der Waals surface area contributed by atoms with Gasteiger partial charge in [0.05, 0.1) is 17.2 Å². The van der Waals surface area contributed by atoms with E-state index in [9.17, 15) is 5.11 Å². The molecule has 0 bridgehead atoms. The van der Waals surface area contributed by atoms with Crippen molar-refractivity contribution in [1.82, 2.24) is 9.97 Å². The predicted molar refractivity (Wildman–Crippen MR) is 58.3 cm³/mol. The zero-order chi connectivity index (χ0) is 10.7. The molecule has 3 heteroatoms.